The Kier molecular flexibility index (Phi) is 5.46. The number of rotatable bonds is 3. The molecule has 0 heterocycles. The molecule has 3 unspecified atom stereocenters. The molecule has 3 atom stereocenters. The lowest BCUT2D eigenvalue weighted by Gasteiger charge is -2.41. The summed E-state index contributed by atoms with van der Waals surface area (Å²) in [7, 11) is -1.73. The van der Waals surface area contributed by atoms with Crippen LogP contribution in [0.2, 0.25) is 0 Å². The summed E-state index contributed by atoms with van der Waals surface area (Å²) >= 11 is 0. The third-order valence-corrected chi connectivity index (χ3v) is 8.74. The summed E-state index contributed by atoms with van der Waals surface area (Å²) in [6.45, 7) is 0. The van der Waals surface area contributed by atoms with Gasteiger partial charge in [0, 0.05) is 10.5 Å². The molecule has 2 aromatic carbocycles. The number of fused-ring (bicyclic) bond motifs is 3. The van der Waals surface area contributed by atoms with Crippen LogP contribution in [0.3, 0.4) is 0 Å². The zero-order chi connectivity index (χ0) is 23.5. The number of alkyl halides is 7. The van der Waals surface area contributed by atoms with Crippen molar-refractivity contribution in [3.8, 4) is 0 Å². The highest BCUT2D eigenvalue weighted by Gasteiger charge is 2.73. The van der Waals surface area contributed by atoms with E-state index in [2.05, 4.69) is 0 Å². The second-order valence-corrected chi connectivity index (χ2v) is 10.0. The molecule has 32 heavy (non-hydrogen) atoms. The van der Waals surface area contributed by atoms with E-state index in [1.165, 1.54) is 12.1 Å². The predicted octanol–water partition coefficient (Wildman–Crippen LogP) is 6.86. The van der Waals surface area contributed by atoms with Crippen LogP contribution in [0.15, 0.2) is 47.4 Å². The van der Waals surface area contributed by atoms with Gasteiger partial charge in [0.2, 0.25) is 0 Å². The fourth-order valence-corrected chi connectivity index (χ4v) is 7.21. The van der Waals surface area contributed by atoms with Crippen molar-refractivity contribution in [2.75, 3.05) is 0 Å². The van der Waals surface area contributed by atoms with Gasteiger partial charge in [0.25, 0.3) is 0 Å². The smallest absolute Gasteiger partial charge is 0.253 e. The van der Waals surface area contributed by atoms with E-state index in [1.807, 2.05) is 0 Å². The van der Waals surface area contributed by atoms with Gasteiger partial charge in [-0.3, -0.25) is 4.21 Å². The Hall–Kier alpha value is -1.97. The van der Waals surface area contributed by atoms with Crippen molar-refractivity contribution in [3.05, 3.63) is 65.0 Å². The highest BCUT2D eigenvalue weighted by atomic mass is 32.2. The van der Waals surface area contributed by atoms with Crippen LogP contribution in [-0.4, -0.2) is 16.6 Å². The largest absolute Gasteiger partial charge is 0.435 e. The highest BCUT2D eigenvalue weighted by molar-refractivity contribution is 7.86. The molecule has 0 bridgehead atoms. The van der Waals surface area contributed by atoms with Gasteiger partial charge in [-0.15, -0.1) is 0 Å². The summed E-state index contributed by atoms with van der Waals surface area (Å²) in [5.74, 6) is -0.634. The molecule has 0 amide bonds. The minimum atomic E-state index is -6.20. The third-order valence-electron chi connectivity index (χ3n) is 6.62. The van der Waals surface area contributed by atoms with E-state index in [1.54, 1.807) is 0 Å². The van der Waals surface area contributed by atoms with Crippen molar-refractivity contribution in [1.29, 1.82) is 0 Å². The lowest BCUT2D eigenvalue weighted by atomic mass is 9.75. The molecule has 2 aliphatic carbocycles. The van der Waals surface area contributed by atoms with Crippen LogP contribution in [0.4, 0.5) is 35.1 Å². The molecule has 0 aliphatic heterocycles. The van der Waals surface area contributed by atoms with Gasteiger partial charge < -0.3 is 0 Å². The Morgan fingerprint density at radius 3 is 2.09 bits per heavy atom. The second-order valence-electron chi connectivity index (χ2n) is 8.27. The molecule has 10 heteroatoms. The van der Waals surface area contributed by atoms with E-state index in [9.17, 15) is 39.3 Å². The average molecular weight is 482 g/mol. The van der Waals surface area contributed by atoms with E-state index in [4.69, 9.17) is 0 Å². The fourth-order valence-electron chi connectivity index (χ4n) is 5.14. The Balaban J connectivity index is 1.86. The maximum atomic E-state index is 14.6. The third kappa shape index (κ3) is 3.28. The number of benzene rings is 2. The molecule has 1 saturated carbocycles. The summed E-state index contributed by atoms with van der Waals surface area (Å²) in [5.41, 5.74) is -6.53. The van der Waals surface area contributed by atoms with Crippen molar-refractivity contribution < 1.29 is 39.3 Å². The second kappa shape index (κ2) is 7.53. The summed E-state index contributed by atoms with van der Waals surface area (Å²) in [5, 5.41) is 0. The monoisotopic (exact) mass is 482 g/mol. The first-order valence-electron chi connectivity index (χ1n) is 9.96. The number of hydrogen-bond donors (Lipinski definition) is 0. The van der Waals surface area contributed by atoms with E-state index >= 15 is 0 Å². The summed E-state index contributed by atoms with van der Waals surface area (Å²) in [6.07, 6.45) is -10.0. The number of hydrogen-bond acceptors (Lipinski definition) is 1. The maximum Gasteiger partial charge on any atom is 0.435 e. The lowest BCUT2D eigenvalue weighted by Crippen LogP contribution is -2.50. The van der Waals surface area contributed by atoms with Crippen molar-refractivity contribution in [1.82, 2.24) is 0 Å². The minimum Gasteiger partial charge on any atom is -0.253 e. The molecule has 4 rings (SSSR count). The van der Waals surface area contributed by atoms with Gasteiger partial charge in [-0.2, -0.15) is 26.3 Å². The first-order chi connectivity index (χ1) is 14.8. The first-order valence-corrected chi connectivity index (χ1v) is 11.1. The standard InChI is InChI=1S/C22H18F8OS/c23-16-6-8-17(9-7-16)32(31)19-11-1-2-14(19)4-3-13-12-15(5-10-18(13)19)20(24,21(25,26)27)22(28,29)30/h5-10,12,14H,1-4,11H2. The van der Waals surface area contributed by atoms with Crippen molar-refractivity contribution in [2.45, 2.75) is 59.8 Å². The summed E-state index contributed by atoms with van der Waals surface area (Å²) in [6, 6.07) is 7.19. The normalized spacial score (nSPS) is 24.7. The predicted molar refractivity (Wildman–Crippen MR) is 101 cm³/mol. The van der Waals surface area contributed by atoms with Gasteiger partial charge in [-0.1, -0.05) is 24.6 Å². The summed E-state index contributed by atoms with van der Waals surface area (Å²) in [4.78, 5) is 0.320. The van der Waals surface area contributed by atoms with Crippen molar-refractivity contribution in [2.24, 2.45) is 5.92 Å². The van der Waals surface area contributed by atoms with Crippen LogP contribution in [0, 0.1) is 11.7 Å². The van der Waals surface area contributed by atoms with Crippen LogP contribution in [-0.2, 0) is 27.6 Å². The highest BCUT2D eigenvalue weighted by Crippen LogP contribution is 2.58. The Bertz CT molecular complexity index is 1030. The van der Waals surface area contributed by atoms with E-state index in [0.717, 1.165) is 18.2 Å². The lowest BCUT2D eigenvalue weighted by molar-refractivity contribution is -0.348. The van der Waals surface area contributed by atoms with E-state index in [-0.39, 0.29) is 17.9 Å². The molecular weight excluding hydrogens is 464 g/mol. The molecule has 0 spiro atoms. The van der Waals surface area contributed by atoms with Crippen molar-refractivity contribution in [3.63, 3.8) is 0 Å². The molecule has 0 radical (unpaired) electrons. The van der Waals surface area contributed by atoms with E-state index < -0.39 is 44.9 Å². The van der Waals surface area contributed by atoms with Gasteiger partial charge in [-0.25, -0.2) is 8.78 Å². The van der Waals surface area contributed by atoms with Crippen molar-refractivity contribution >= 4 is 10.8 Å². The summed E-state index contributed by atoms with van der Waals surface area (Å²) < 4.78 is 120. The SMILES string of the molecule is O=S(c1ccc(F)cc1)C12CCCC1CCc1cc(C(F)(C(F)(F)F)C(F)(F)F)ccc12. The molecule has 1 fully saturated rings. The van der Waals surface area contributed by atoms with Gasteiger partial charge in [0.1, 0.15) is 5.82 Å². The fraction of sp³-hybridized carbons (Fsp3) is 0.455. The molecule has 0 saturated heterocycles. The molecule has 2 aromatic rings. The Morgan fingerprint density at radius 1 is 0.875 bits per heavy atom. The topological polar surface area (TPSA) is 17.1 Å². The van der Waals surface area contributed by atoms with Crippen LogP contribution in [0.25, 0.3) is 0 Å². The molecule has 0 aromatic heterocycles. The molecule has 0 N–H and O–H groups in total. The van der Waals surface area contributed by atoms with Gasteiger partial charge in [0.05, 0.1) is 15.5 Å². The Labute approximate surface area is 181 Å². The minimum absolute atomic E-state index is 0.105. The molecular formula is C22H18F8OS. The molecule has 2 aliphatic rings. The molecule has 1 nitrogen and oxygen atoms in total. The van der Waals surface area contributed by atoms with E-state index in [0.29, 0.717) is 48.3 Å². The van der Waals surface area contributed by atoms with Gasteiger partial charge in [-0.05, 0) is 67.0 Å². The van der Waals surface area contributed by atoms with Gasteiger partial charge >= 0.3 is 18.0 Å². The zero-order valence-corrected chi connectivity index (χ0v) is 17.3. The Morgan fingerprint density at radius 2 is 1.50 bits per heavy atom. The quantitative estimate of drug-likeness (QED) is 0.437. The van der Waals surface area contributed by atoms with Crippen LogP contribution in [0.1, 0.15) is 42.4 Å². The maximum absolute atomic E-state index is 14.6. The molecule has 174 valence electrons. The van der Waals surface area contributed by atoms with Crippen LogP contribution >= 0.6 is 0 Å². The van der Waals surface area contributed by atoms with Crippen LogP contribution < -0.4 is 0 Å². The van der Waals surface area contributed by atoms with Crippen LogP contribution in [0.5, 0.6) is 0 Å². The number of halogens is 8. The number of aryl methyl sites for hydroxylation is 1. The first kappa shape index (κ1) is 23.2. The zero-order valence-electron chi connectivity index (χ0n) is 16.5. The van der Waals surface area contributed by atoms with Gasteiger partial charge in [0.15, 0.2) is 0 Å². The average Bonchev–Trinajstić information content (AvgIpc) is 3.16.